The second kappa shape index (κ2) is 8.03. The number of carbonyl (C=O) groups is 2. The average molecular weight is 373 g/mol. The van der Waals surface area contributed by atoms with Gasteiger partial charge >= 0.3 is 5.97 Å². The summed E-state index contributed by atoms with van der Waals surface area (Å²) in [5, 5.41) is 3.80. The molecule has 1 aromatic carbocycles. The summed E-state index contributed by atoms with van der Waals surface area (Å²) in [5.74, 6) is 0.872. The molecule has 2 aromatic rings. The Kier molecular flexibility index (Phi) is 5.73. The lowest BCUT2D eigenvalue weighted by molar-refractivity contribution is -0.150. The maximum atomic E-state index is 12.3. The molecule has 0 bridgehead atoms. The number of aryl methyl sites for hydroxylation is 2. The van der Waals surface area contributed by atoms with E-state index in [0.717, 1.165) is 42.4 Å². The Morgan fingerprint density at radius 1 is 1.26 bits per heavy atom. The average Bonchev–Trinajstić information content (AvgIpc) is 3.03. The maximum Gasteiger partial charge on any atom is 0.331 e. The number of methoxy groups -OCH3 is 1. The van der Waals surface area contributed by atoms with Crippen molar-refractivity contribution in [1.29, 1.82) is 0 Å². The highest BCUT2D eigenvalue weighted by molar-refractivity contribution is 5.88. The third kappa shape index (κ3) is 4.10. The number of esters is 1. The van der Waals surface area contributed by atoms with Crippen LogP contribution in [-0.4, -0.2) is 31.1 Å². The van der Waals surface area contributed by atoms with Crippen LogP contribution < -0.4 is 10.1 Å². The molecule has 0 aliphatic heterocycles. The highest BCUT2D eigenvalue weighted by Crippen LogP contribution is 2.33. The molecule has 1 unspecified atom stereocenters. The van der Waals surface area contributed by atoms with Gasteiger partial charge in [0.2, 0.25) is 0 Å². The van der Waals surface area contributed by atoms with Crippen molar-refractivity contribution in [1.82, 2.24) is 5.32 Å². The van der Waals surface area contributed by atoms with E-state index in [0.29, 0.717) is 12.2 Å². The first-order valence-corrected chi connectivity index (χ1v) is 9.53. The predicted molar refractivity (Wildman–Crippen MR) is 102 cm³/mol. The third-order valence-electron chi connectivity index (χ3n) is 5.10. The van der Waals surface area contributed by atoms with Crippen LogP contribution in [0, 0.1) is 0 Å². The first-order chi connectivity index (χ1) is 13.0. The number of hydrogen-bond acceptors (Lipinski definition) is 5. The van der Waals surface area contributed by atoms with E-state index in [1.54, 1.807) is 13.0 Å². The molecule has 0 radical (unpaired) electrons. The van der Waals surface area contributed by atoms with Gasteiger partial charge in [0.15, 0.2) is 6.61 Å². The number of fused-ring (bicyclic) bond motifs is 3. The molecule has 1 amide bonds. The Balaban J connectivity index is 1.67. The normalized spacial score (nSPS) is 15.7. The molecular weight excluding hydrogens is 346 g/mol. The van der Waals surface area contributed by atoms with Gasteiger partial charge in [0.25, 0.3) is 5.91 Å². The summed E-state index contributed by atoms with van der Waals surface area (Å²) in [6.45, 7) is 3.45. The van der Waals surface area contributed by atoms with Gasteiger partial charge in [-0.1, -0.05) is 13.3 Å². The van der Waals surface area contributed by atoms with Crippen LogP contribution >= 0.6 is 0 Å². The second-order valence-corrected chi connectivity index (χ2v) is 7.28. The number of hydrogen-bond donors (Lipinski definition) is 1. The standard InChI is InChI=1S/C21H27NO5/c1-4-11-21(2,20(24)25-3)22-19(23)13-26-14-9-10-18-16(12-14)15-7-5-6-8-17(15)27-18/h9-10,12H,4-8,11,13H2,1-3H3,(H,22,23). The van der Waals surface area contributed by atoms with Gasteiger partial charge in [0.05, 0.1) is 7.11 Å². The van der Waals surface area contributed by atoms with Gasteiger partial charge in [-0.25, -0.2) is 4.79 Å². The monoisotopic (exact) mass is 373 g/mol. The van der Waals surface area contributed by atoms with E-state index < -0.39 is 11.5 Å². The van der Waals surface area contributed by atoms with E-state index in [-0.39, 0.29) is 12.5 Å². The molecule has 146 valence electrons. The molecule has 1 heterocycles. The van der Waals surface area contributed by atoms with Crippen molar-refractivity contribution < 1.29 is 23.5 Å². The minimum absolute atomic E-state index is 0.165. The van der Waals surface area contributed by atoms with E-state index in [2.05, 4.69) is 5.32 Å². The van der Waals surface area contributed by atoms with Crippen molar-refractivity contribution >= 4 is 22.8 Å². The highest BCUT2D eigenvalue weighted by atomic mass is 16.5. The molecular formula is C21H27NO5. The van der Waals surface area contributed by atoms with Crippen molar-refractivity contribution in [3.8, 4) is 5.75 Å². The Morgan fingerprint density at radius 3 is 2.78 bits per heavy atom. The van der Waals surface area contributed by atoms with Crippen molar-refractivity contribution in [2.24, 2.45) is 0 Å². The van der Waals surface area contributed by atoms with Crippen LogP contribution in [-0.2, 0) is 27.2 Å². The minimum Gasteiger partial charge on any atom is -0.484 e. The van der Waals surface area contributed by atoms with Crippen LogP contribution in [0.2, 0.25) is 0 Å². The Labute approximate surface area is 159 Å². The minimum atomic E-state index is -1.04. The summed E-state index contributed by atoms with van der Waals surface area (Å²) in [6, 6.07) is 5.62. The molecule has 6 nitrogen and oxygen atoms in total. The van der Waals surface area contributed by atoms with Gasteiger partial charge in [-0.05, 0) is 50.8 Å². The zero-order valence-corrected chi connectivity index (χ0v) is 16.2. The Morgan fingerprint density at radius 2 is 2.04 bits per heavy atom. The van der Waals surface area contributed by atoms with E-state index in [9.17, 15) is 9.59 Å². The lowest BCUT2D eigenvalue weighted by atomic mass is 9.96. The fraction of sp³-hybridized carbons (Fsp3) is 0.524. The summed E-state index contributed by atoms with van der Waals surface area (Å²) in [7, 11) is 1.32. The molecule has 1 aliphatic carbocycles. The molecule has 0 fully saturated rings. The lowest BCUT2D eigenvalue weighted by Crippen LogP contribution is -2.53. The van der Waals surface area contributed by atoms with E-state index in [1.807, 2.05) is 19.1 Å². The third-order valence-corrected chi connectivity index (χ3v) is 5.10. The van der Waals surface area contributed by atoms with Crippen molar-refractivity contribution in [2.75, 3.05) is 13.7 Å². The molecule has 1 atom stereocenters. The molecule has 0 saturated heterocycles. The van der Waals surface area contributed by atoms with Crippen LogP contribution in [0.25, 0.3) is 11.0 Å². The first kappa shape index (κ1) is 19.3. The van der Waals surface area contributed by atoms with E-state index in [1.165, 1.54) is 19.1 Å². The van der Waals surface area contributed by atoms with Gasteiger partial charge in [-0.3, -0.25) is 4.79 Å². The van der Waals surface area contributed by atoms with Crippen LogP contribution in [0.15, 0.2) is 22.6 Å². The molecule has 1 N–H and O–H groups in total. The first-order valence-electron chi connectivity index (χ1n) is 9.53. The number of carbonyl (C=O) groups excluding carboxylic acids is 2. The summed E-state index contributed by atoms with van der Waals surface area (Å²) >= 11 is 0. The fourth-order valence-corrected chi connectivity index (χ4v) is 3.77. The number of ether oxygens (including phenoxy) is 2. The molecule has 3 rings (SSSR count). The second-order valence-electron chi connectivity index (χ2n) is 7.28. The van der Waals surface area contributed by atoms with Gasteiger partial charge in [0, 0.05) is 17.4 Å². The van der Waals surface area contributed by atoms with Crippen molar-refractivity contribution in [3.05, 3.63) is 29.5 Å². The topological polar surface area (TPSA) is 77.8 Å². The quantitative estimate of drug-likeness (QED) is 0.751. The summed E-state index contributed by atoms with van der Waals surface area (Å²) < 4.78 is 16.4. The number of furan rings is 1. The van der Waals surface area contributed by atoms with E-state index >= 15 is 0 Å². The number of rotatable bonds is 7. The van der Waals surface area contributed by atoms with Gasteiger partial charge in [-0.2, -0.15) is 0 Å². The number of benzene rings is 1. The highest BCUT2D eigenvalue weighted by Gasteiger charge is 2.35. The zero-order valence-electron chi connectivity index (χ0n) is 16.2. The fourth-order valence-electron chi connectivity index (χ4n) is 3.77. The zero-order chi connectivity index (χ0) is 19.4. The largest absolute Gasteiger partial charge is 0.484 e. The van der Waals surface area contributed by atoms with Crippen LogP contribution in [0.5, 0.6) is 5.75 Å². The molecule has 6 heteroatoms. The number of nitrogens with one attached hydrogen (secondary N) is 1. The van der Waals surface area contributed by atoms with Gasteiger partial charge in [0.1, 0.15) is 22.6 Å². The number of amides is 1. The van der Waals surface area contributed by atoms with Crippen LogP contribution in [0.4, 0.5) is 0 Å². The summed E-state index contributed by atoms with van der Waals surface area (Å²) in [4.78, 5) is 24.3. The van der Waals surface area contributed by atoms with Crippen molar-refractivity contribution in [2.45, 2.75) is 57.9 Å². The predicted octanol–water partition coefficient (Wildman–Crippen LogP) is 3.54. The molecule has 1 aliphatic rings. The molecule has 0 spiro atoms. The van der Waals surface area contributed by atoms with Crippen LogP contribution in [0.1, 0.15) is 50.9 Å². The molecule has 27 heavy (non-hydrogen) atoms. The Bertz CT molecular complexity index is 840. The van der Waals surface area contributed by atoms with E-state index in [4.69, 9.17) is 13.9 Å². The lowest BCUT2D eigenvalue weighted by Gasteiger charge is -2.27. The maximum absolute atomic E-state index is 12.3. The van der Waals surface area contributed by atoms with Crippen LogP contribution in [0.3, 0.4) is 0 Å². The summed E-state index contributed by atoms with van der Waals surface area (Å²) in [6.07, 6.45) is 5.56. The van der Waals surface area contributed by atoms with Gasteiger partial charge < -0.3 is 19.2 Å². The van der Waals surface area contributed by atoms with Crippen molar-refractivity contribution in [3.63, 3.8) is 0 Å². The smallest absolute Gasteiger partial charge is 0.331 e. The molecule has 0 saturated carbocycles. The summed E-state index contributed by atoms with van der Waals surface area (Å²) in [5.41, 5.74) is 1.07. The Hall–Kier alpha value is -2.50. The molecule has 1 aromatic heterocycles. The SMILES string of the molecule is CCCC(C)(NC(=O)COc1ccc2oc3c(c2c1)CCCC3)C(=O)OC. The van der Waals surface area contributed by atoms with Gasteiger partial charge in [-0.15, -0.1) is 0 Å².